The Hall–Kier alpha value is -2.53. The van der Waals surface area contributed by atoms with E-state index in [2.05, 4.69) is 9.71 Å². The number of pyridine rings is 1. The minimum atomic E-state index is -4.75. The first-order chi connectivity index (χ1) is 15.3. The summed E-state index contributed by atoms with van der Waals surface area (Å²) < 4.78 is 66.6. The Morgan fingerprint density at radius 2 is 1.64 bits per heavy atom. The van der Waals surface area contributed by atoms with Gasteiger partial charge in [0.15, 0.2) is 5.69 Å². The zero-order valence-electron chi connectivity index (χ0n) is 16.5. The third kappa shape index (κ3) is 5.70. The van der Waals surface area contributed by atoms with Gasteiger partial charge < -0.3 is 4.90 Å². The molecule has 0 unspecified atom stereocenters. The predicted octanol–water partition coefficient (Wildman–Crippen LogP) is 6.14. The minimum absolute atomic E-state index is 0.0175. The number of benzene rings is 2. The first-order valence-corrected chi connectivity index (χ1v) is 11.5. The van der Waals surface area contributed by atoms with Crippen molar-refractivity contribution in [1.82, 2.24) is 4.98 Å². The van der Waals surface area contributed by atoms with Gasteiger partial charge in [0.2, 0.25) is 0 Å². The Morgan fingerprint density at radius 1 is 1.00 bits per heavy atom. The monoisotopic (exact) mass is 537 g/mol. The molecule has 3 rings (SSSR count). The molecule has 0 fully saturated rings. The number of anilines is 2. The van der Waals surface area contributed by atoms with E-state index in [9.17, 15) is 26.4 Å². The quantitative estimate of drug-likeness (QED) is 0.423. The first-order valence-electron chi connectivity index (χ1n) is 8.88. The van der Waals surface area contributed by atoms with Gasteiger partial charge in [0.1, 0.15) is 0 Å². The van der Waals surface area contributed by atoms with Gasteiger partial charge in [0.05, 0.1) is 26.2 Å². The highest BCUT2D eigenvalue weighted by molar-refractivity contribution is 7.92. The van der Waals surface area contributed by atoms with Crippen molar-refractivity contribution in [3.8, 4) is 0 Å². The summed E-state index contributed by atoms with van der Waals surface area (Å²) in [5, 5.41) is -0.329. The van der Waals surface area contributed by atoms with Gasteiger partial charge in [-0.1, -0.05) is 34.8 Å². The number of nitrogens with one attached hydrogen (secondary N) is 1. The van der Waals surface area contributed by atoms with Gasteiger partial charge in [-0.15, -0.1) is 0 Å². The van der Waals surface area contributed by atoms with E-state index in [1.54, 1.807) is 24.3 Å². The van der Waals surface area contributed by atoms with Crippen molar-refractivity contribution in [2.75, 3.05) is 16.7 Å². The lowest BCUT2D eigenvalue weighted by Gasteiger charge is -2.19. The number of alkyl halides is 3. The lowest BCUT2D eigenvalue weighted by atomic mass is 10.2. The number of amides is 1. The average Bonchev–Trinajstić information content (AvgIpc) is 2.72. The minimum Gasteiger partial charge on any atom is -0.310 e. The molecule has 0 spiro atoms. The Kier molecular flexibility index (Phi) is 7.13. The number of aromatic nitrogens is 1. The number of nitrogens with zero attached hydrogens (tertiary/aromatic N) is 2. The highest BCUT2D eigenvalue weighted by Crippen LogP contribution is 2.36. The van der Waals surface area contributed by atoms with Gasteiger partial charge in [-0.2, -0.15) is 13.2 Å². The van der Waals surface area contributed by atoms with Crippen LogP contribution >= 0.6 is 34.8 Å². The fourth-order valence-corrected chi connectivity index (χ4v) is 4.44. The lowest BCUT2D eigenvalue weighted by Crippen LogP contribution is -2.28. The van der Waals surface area contributed by atoms with Crippen LogP contribution in [0.25, 0.3) is 0 Å². The molecule has 1 N–H and O–H groups in total. The molecule has 0 aliphatic rings. The maximum atomic E-state index is 13.0. The van der Waals surface area contributed by atoms with Crippen LogP contribution in [0.2, 0.25) is 15.1 Å². The number of hydrogen-bond donors (Lipinski definition) is 1. The van der Waals surface area contributed by atoms with Crippen LogP contribution in [-0.2, 0) is 16.2 Å². The third-order valence-corrected chi connectivity index (χ3v) is 6.51. The fraction of sp³-hybridized carbons (Fsp3) is 0.100. The molecule has 6 nitrogen and oxygen atoms in total. The smallest absolute Gasteiger partial charge is 0.310 e. The molecule has 13 heteroatoms. The van der Waals surface area contributed by atoms with Crippen molar-refractivity contribution >= 4 is 62.1 Å². The average molecular weight is 539 g/mol. The van der Waals surface area contributed by atoms with E-state index in [1.165, 1.54) is 11.9 Å². The molecule has 0 saturated carbocycles. The van der Waals surface area contributed by atoms with E-state index >= 15 is 0 Å². The second-order valence-electron chi connectivity index (χ2n) is 6.64. The number of hydrogen-bond acceptors (Lipinski definition) is 4. The van der Waals surface area contributed by atoms with Crippen LogP contribution in [-0.4, -0.2) is 26.4 Å². The highest BCUT2D eigenvalue weighted by atomic mass is 35.5. The standard InChI is InChI=1S/C20H13Cl3F3N3O3S/c1-29(13-4-2-11(21)3-5-13)19(30)18-17(8-12(22)10-27-18)28-33(31,32)14-6-7-15(16(23)9-14)20(24,25)26/h2-10,28H,1H3. The topological polar surface area (TPSA) is 79.4 Å². The van der Waals surface area contributed by atoms with Gasteiger partial charge in [-0.05, 0) is 48.5 Å². The first kappa shape index (κ1) is 25.1. The molecule has 1 heterocycles. The summed E-state index contributed by atoms with van der Waals surface area (Å²) in [7, 11) is -3.02. The van der Waals surface area contributed by atoms with E-state index in [-0.39, 0.29) is 16.4 Å². The SMILES string of the molecule is CN(C(=O)c1ncc(Cl)cc1NS(=O)(=O)c1ccc(C(F)(F)F)c(Cl)c1)c1ccc(Cl)cc1. The second-order valence-corrected chi connectivity index (χ2v) is 9.60. The molecule has 1 amide bonds. The molecule has 174 valence electrons. The van der Waals surface area contributed by atoms with Crippen LogP contribution in [0.3, 0.4) is 0 Å². The van der Waals surface area contributed by atoms with Crippen LogP contribution in [0.5, 0.6) is 0 Å². The highest BCUT2D eigenvalue weighted by Gasteiger charge is 2.34. The summed E-state index contributed by atoms with van der Waals surface area (Å²) in [6.07, 6.45) is -3.60. The van der Waals surface area contributed by atoms with E-state index in [0.717, 1.165) is 18.3 Å². The lowest BCUT2D eigenvalue weighted by molar-refractivity contribution is -0.137. The summed E-state index contributed by atoms with van der Waals surface area (Å²) in [6, 6.07) is 9.38. The summed E-state index contributed by atoms with van der Waals surface area (Å²) in [6.45, 7) is 0. The second kappa shape index (κ2) is 9.38. The maximum absolute atomic E-state index is 13.0. The van der Waals surface area contributed by atoms with E-state index in [0.29, 0.717) is 22.8 Å². The molecule has 0 atom stereocenters. The zero-order valence-corrected chi connectivity index (χ0v) is 19.6. The fourth-order valence-electron chi connectivity index (χ4n) is 2.72. The summed E-state index contributed by atoms with van der Waals surface area (Å²) in [5.41, 5.74) is -1.31. The molecule has 1 aromatic heterocycles. The van der Waals surface area contributed by atoms with Crippen molar-refractivity contribution in [3.05, 3.63) is 81.1 Å². The number of rotatable bonds is 5. The van der Waals surface area contributed by atoms with Gasteiger partial charge in [0, 0.05) is 24.0 Å². The predicted molar refractivity (Wildman–Crippen MR) is 121 cm³/mol. The molecule has 0 radical (unpaired) electrons. The largest absolute Gasteiger partial charge is 0.417 e. The van der Waals surface area contributed by atoms with Crippen LogP contribution in [0.1, 0.15) is 16.1 Å². The Labute approximate surface area is 201 Å². The van der Waals surface area contributed by atoms with Gasteiger partial charge in [-0.25, -0.2) is 13.4 Å². The molecule has 0 bridgehead atoms. The van der Waals surface area contributed by atoms with Crippen LogP contribution in [0, 0.1) is 0 Å². The van der Waals surface area contributed by atoms with Gasteiger partial charge in [-0.3, -0.25) is 9.52 Å². The van der Waals surface area contributed by atoms with E-state index in [1.807, 2.05) is 0 Å². The molecule has 2 aromatic carbocycles. The van der Waals surface area contributed by atoms with Crippen LogP contribution in [0.15, 0.2) is 59.6 Å². The van der Waals surface area contributed by atoms with Gasteiger partial charge in [0.25, 0.3) is 15.9 Å². The number of carbonyl (C=O) groups excluding carboxylic acids is 1. The molecule has 33 heavy (non-hydrogen) atoms. The van der Waals surface area contributed by atoms with Crippen molar-refractivity contribution in [1.29, 1.82) is 0 Å². The Morgan fingerprint density at radius 3 is 2.21 bits per heavy atom. The van der Waals surface area contributed by atoms with Crippen molar-refractivity contribution < 1.29 is 26.4 Å². The summed E-state index contributed by atoms with van der Waals surface area (Å²) >= 11 is 17.4. The number of sulfonamides is 1. The van der Waals surface area contributed by atoms with Crippen molar-refractivity contribution in [3.63, 3.8) is 0 Å². The van der Waals surface area contributed by atoms with E-state index in [4.69, 9.17) is 34.8 Å². The van der Waals surface area contributed by atoms with Crippen LogP contribution in [0.4, 0.5) is 24.5 Å². The number of halogens is 6. The molecule has 3 aromatic rings. The molecular weight excluding hydrogens is 526 g/mol. The zero-order chi connectivity index (χ0) is 24.6. The Bertz CT molecular complexity index is 1320. The number of carbonyl (C=O) groups is 1. The summed E-state index contributed by atoms with van der Waals surface area (Å²) in [4.78, 5) is 17.6. The molecule has 0 aliphatic carbocycles. The van der Waals surface area contributed by atoms with Gasteiger partial charge >= 0.3 is 6.18 Å². The maximum Gasteiger partial charge on any atom is 0.417 e. The molecule has 0 aliphatic heterocycles. The third-order valence-electron chi connectivity index (χ3n) is 4.38. The Balaban J connectivity index is 1.97. The normalized spacial score (nSPS) is 11.8. The molecular formula is C20H13Cl3F3N3O3S. The van der Waals surface area contributed by atoms with Crippen molar-refractivity contribution in [2.45, 2.75) is 11.1 Å². The summed E-state index contributed by atoms with van der Waals surface area (Å²) in [5.74, 6) is -0.683. The van der Waals surface area contributed by atoms with Crippen LogP contribution < -0.4 is 9.62 Å². The molecule has 0 saturated heterocycles. The van der Waals surface area contributed by atoms with Crippen molar-refractivity contribution in [2.24, 2.45) is 0 Å². The van der Waals surface area contributed by atoms with E-state index < -0.39 is 37.6 Å².